The van der Waals surface area contributed by atoms with Crippen molar-refractivity contribution in [1.29, 1.82) is 0 Å². The first-order chi connectivity index (χ1) is 14.1. The van der Waals surface area contributed by atoms with E-state index in [1.807, 2.05) is 48.2 Å². The molecule has 1 aromatic heterocycles. The molecule has 3 heterocycles. The molecule has 2 aliphatic rings. The van der Waals surface area contributed by atoms with E-state index in [0.717, 1.165) is 22.2 Å². The summed E-state index contributed by atoms with van der Waals surface area (Å²) >= 11 is 1.84. The molecule has 0 amide bonds. The number of nitrogens with zero attached hydrogens (tertiary/aromatic N) is 2. The van der Waals surface area contributed by atoms with Crippen molar-refractivity contribution in [2.45, 2.75) is 16.3 Å². The number of pyridine rings is 1. The van der Waals surface area contributed by atoms with Gasteiger partial charge in [0.25, 0.3) is 0 Å². The van der Waals surface area contributed by atoms with E-state index in [1.165, 1.54) is 16.7 Å². The Bertz CT molecular complexity index is 1290. The number of allylic oxidation sites excluding steroid dienone is 2. The van der Waals surface area contributed by atoms with E-state index < -0.39 is 9.84 Å². The van der Waals surface area contributed by atoms with E-state index in [0.29, 0.717) is 6.54 Å². The van der Waals surface area contributed by atoms with Gasteiger partial charge >= 0.3 is 0 Å². The number of sulfone groups is 1. The lowest BCUT2D eigenvalue weighted by Gasteiger charge is -2.21. The lowest BCUT2D eigenvalue weighted by Crippen LogP contribution is -2.12. The summed E-state index contributed by atoms with van der Waals surface area (Å²) in [4.78, 5) is 8.20. The van der Waals surface area contributed by atoms with E-state index in [2.05, 4.69) is 34.4 Å². The Morgan fingerprint density at radius 2 is 1.86 bits per heavy atom. The number of thioether (sulfide) groups is 1. The van der Waals surface area contributed by atoms with Gasteiger partial charge < -0.3 is 4.90 Å². The second kappa shape index (κ2) is 7.21. The molecule has 5 rings (SSSR count). The van der Waals surface area contributed by atoms with Crippen LogP contribution in [0.1, 0.15) is 5.56 Å². The zero-order chi connectivity index (χ0) is 19.8. The molecule has 0 N–H and O–H groups in total. The quantitative estimate of drug-likeness (QED) is 0.602. The first kappa shape index (κ1) is 18.2. The van der Waals surface area contributed by atoms with Crippen LogP contribution >= 0.6 is 11.8 Å². The van der Waals surface area contributed by atoms with Gasteiger partial charge in [0.1, 0.15) is 0 Å². The molecule has 0 saturated heterocycles. The predicted molar refractivity (Wildman–Crippen MR) is 117 cm³/mol. The monoisotopic (exact) mass is 418 g/mol. The maximum atomic E-state index is 13.0. The Morgan fingerprint density at radius 1 is 1.03 bits per heavy atom. The van der Waals surface area contributed by atoms with Gasteiger partial charge in [0, 0.05) is 41.2 Å². The molecule has 3 aromatic rings. The molecule has 0 fully saturated rings. The van der Waals surface area contributed by atoms with E-state index in [1.54, 1.807) is 18.2 Å². The van der Waals surface area contributed by atoms with Gasteiger partial charge in [-0.1, -0.05) is 36.4 Å². The molecular weight excluding hydrogens is 400 g/mol. The highest BCUT2D eigenvalue weighted by Crippen LogP contribution is 2.35. The number of para-hydroxylation sites is 1. The standard InChI is InChI=1S/C23H18N2O2S2/c26-29(27,21-13-19-3-1-2-4-22(19)24-14-21)20-7-5-17(6-8-20)15-25-11-9-18-10-12-28-23(18)16-25/h1-11,13-14,16H,12,15H2. The third-order valence-electron chi connectivity index (χ3n) is 5.03. The highest BCUT2D eigenvalue weighted by Gasteiger charge is 2.19. The van der Waals surface area contributed by atoms with Gasteiger partial charge in [0.15, 0.2) is 0 Å². The molecule has 144 valence electrons. The molecule has 0 atom stereocenters. The normalized spacial score (nSPS) is 15.9. The molecule has 4 nitrogen and oxygen atoms in total. The van der Waals surface area contributed by atoms with Crippen molar-refractivity contribution in [1.82, 2.24) is 9.88 Å². The third kappa shape index (κ3) is 3.50. The third-order valence-corrected chi connectivity index (χ3v) is 7.75. The van der Waals surface area contributed by atoms with Crippen LogP contribution < -0.4 is 0 Å². The lowest BCUT2D eigenvalue weighted by atomic mass is 10.1. The number of rotatable bonds is 4. The number of hydrogen-bond donors (Lipinski definition) is 0. The summed E-state index contributed by atoms with van der Waals surface area (Å²) in [5.74, 6) is 1.02. The lowest BCUT2D eigenvalue weighted by molar-refractivity contribution is 0.496. The highest BCUT2D eigenvalue weighted by molar-refractivity contribution is 8.03. The van der Waals surface area contributed by atoms with Crippen LogP contribution in [0.4, 0.5) is 0 Å². The molecule has 29 heavy (non-hydrogen) atoms. The molecule has 0 spiro atoms. The van der Waals surface area contributed by atoms with E-state index in [9.17, 15) is 8.42 Å². The van der Waals surface area contributed by atoms with Gasteiger partial charge in [-0.3, -0.25) is 4.98 Å². The number of fused-ring (bicyclic) bond motifs is 2. The summed E-state index contributed by atoms with van der Waals surface area (Å²) in [7, 11) is -3.60. The van der Waals surface area contributed by atoms with Crippen LogP contribution in [-0.4, -0.2) is 24.1 Å². The predicted octanol–water partition coefficient (Wildman–Crippen LogP) is 4.91. The van der Waals surface area contributed by atoms with Crippen LogP contribution in [0.2, 0.25) is 0 Å². The molecule has 2 aliphatic heterocycles. The Balaban J connectivity index is 1.38. The summed E-state index contributed by atoms with van der Waals surface area (Å²) in [6, 6.07) is 16.3. The summed E-state index contributed by atoms with van der Waals surface area (Å²) in [5.41, 5.74) is 3.12. The fourth-order valence-corrected chi connectivity index (χ4v) is 5.66. The molecule has 6 heteroatoms. The van der Waals surface area contributed by atoms with Crippen LogP contribution in [0, 0.1) is 0 Å². The fraction of sp³-hybridized carbons (Fsp3) is 0.0870. The van der Waals surface area contributed by atoms with E-state index in [4.69, 9.17) is 0 Å². The zero-order valence-corrected chi connectivity index (χ0v) is 17.2. The van der Waals surface area contributed by atoms with Crippen molar-refractivity contribution in [3.63, 3.8) is 0 Å². The topological polar surface area (TPSA) is 50.3 Å². The van der Waals surface area contributed by atoms with Gasteiger partial charge in [-0.25, -0.2) is 8.42 Å². The van der Waals surface area contributed by atoms with Crippen LogP contribution in [-0.2, 0) is 16.4 Å². The Kier molecular flexibility index (Phi) is 4.53. The highest BCUT2D eigenvalue weighted by atomic mass is 32.2. The minimum Gasteiger partial charge on any atom is -0.349 e. The summed E-state index contributed by atoms with van der Waals surface area (Å²) in [6.07, 6.45) is 9.99. The molecule has 2 aromatic carbocycles. The van der Waals surface area contributed by atoms with E-state index >= 15 is 0 Å². The maximum Gasteiger partial charge on any atom is 0.208 e. The zero-order valence-electron chi connectivity index (χ0n) is 15.5. The van der Waals surface area contributed by atoms with Crippen molar-refractivity contribution < 1.29 is 8.42 Å². The van der Waals surface area contributed by atoms with Gasteiger partial charge in [0.2, 0.25) is 9.84 Å². The minimum absolute atomic E-state index is 0.213. The smallest absolute Gasteiger partial charge is 0.208 e. The number of benzene rings is 2. The molecule has 0 radical (unpaired) electrons. The summed E-state index contributed by atoms with van der Waals surface area (Å²) in [6.45, 7) is 0.700. The van der Waals surface area contributed by atoms with Gasteiger partial charge in [-0.15, -0.1) is 11.8 Å². The number of aromatic nitrogens is 1. The van der Waals surface area contributed by atoms with Crippen molar-refractivity contribution in [2.24, 2.45) is 0 Å². The fourth-order valence-electron chi connectivity index (χ4n) is 3.45. The van der Waals surface area contributed by atoms with Gasteiger partial charge in [-0.2, -0.15) is 0 Å². The van der Waals surface area contributed by atoms with Crippen molar-refractivity contribution >= 4 is 32.5 Å². The Labute approximate surface area is 174 Å². The molecule has 0 unspecified atom stereocenters. The van der Waals surface area contributed by atoms with Crippen molar-refractivity contribution in [3.05, 3.63) is 101 Å². The molecule has 0 bridgehead atoms. The second-order valence-corrected chi connectivity index (χ2v) is 9.97. The molecule has 0 aliphatic carbocycles. The average Bonchev–Trinajstić information content (AvgIpc) is 3.22. The first-order valence-corrected chi connectivity index (χ1v) is 11.7. The molecule has 0 saturated carbocycles. The number of hydrogen-bond acceptors (Lipinski definition) is 5. The minimum atomic E-state index is -3.60. The van der Waals surface area contributed by atoms with Crippen LogP contribution in [0.5, 0.6) is 0 Å². The summed E-state index contributed by atoms with van der Waals surface area (Å²) in [5, 5.41) is 0.813. The summed E-state index contributed by atoms with van der Waals surface area (Å²) < 4.78 is 26.0. The Morgan fingerprint density at radius 3 is 2.72 bits per heavy atom. The largest absolute Gasteiger partial charge is 0.349 e. The van der Waals surface area contributed by atoms with Crippen molar-refractivity contribution in [2.75, 3.05) is 5.75 Å². The van der Waals surface area contributed by atoms with Crippen LogP contribution in [0.3, 0.4) is 0 Å². The Hall–Kier alpha value is -2.83. The van der Waals surface area contributed by atoms with Gasteiger partial charge in [-0.05, 0) is 41.5 Å². The van der Waals surface area contributed by atoms with Crippen LogP contribution in [0.25, 0.3) is 10.9 Å². The second-order valence-electron chi connectivity index (χ2n) is 6.96. The van der Waals surface area contributed by atoms with Crippen molar-refractivity contribution in [3.8, 4) is 0 Å². The SMILES string of the molecule is O=S(=O)(c1ccc(CN2C=CC3=CCSC3=C2)cc1)c1cnc2ccccc2c1. The maximum absolute atomic E-state index is 13.0. The average molecular weight is 419 g/mol. The van der Waals surface area contributed by atoms with Crippen LogP contribution in [0.15, 0.2) is 106 Å². The first-order valence-electron chi connectivity index (χ1n) is 9.27. The molecular formula is C23H18N2O2S2. The van der Waals surface area contributed by atoms with E-state index in [-0.39, 0.29) is 9.79 Å². The van der Waals surface area contributed by atoms with Gasteiger partial charge in [0.05, 0.1) is 15.3 Å².